The number of benzene rings is 3. The van der Waals surface area contributed by atoms with Crippen LogP contribution >= 0.6 is 24.0 Å². The van der Waals surface area contributed by atoms with Crippen molar-refractivity contribution in [2.24, 2.45) is 0 Å². The van der Waals surface area contributed by atoms with E-state index >= 15 is 0 Å². The van der Waals surface area contributed by atoms with E-state index in [0.717, 1.165) is 5.52 Å². The second-order valence-electron chi connectivity index (χ2n) is 6.81. The Kier molecular flexibility index (Phi) is 6.33. The van der Waals surface area contributed by atoms with Crippen LogP contribution in [0, 0.1) is 20.8 Å². The van der Waals surface area contributed by atoms with Gasteiger partial charge in [-0.3, -0.25) is 19.5 Å². The number of carbonyl (C=O) groups is 1. The summed E-state index contributed by atoms with van der Waals surface area (Å²) in [6, 6.07) is 17.5. The molecule has 0 spiro atoms. The molecule has 1 N–H and O–H groups in total. The number of para-hydroxylation sites is 2. The number of carbonyl (C=O) groups excluding carboxylic acids is 1. The third-order valence-corrected chi connectivity index (χ3v) is 5.85. The first-order chi connectivity index (χ1) is 15.4. The maximum absolute atomic E-state index is 13.1. The minimum Gasteiger partial charge on any atom is -0.429 e. The van der Waals surface area contributed by atoms with Crippen LogP contribution in [-0.4, -0.2) is 15.4 Å². The predicted octanol–water partition coefficient (Wildman–Crippen LogP) is 6.19. The van der Waals surface area contributed by atoms with E-state index in [1.807, 2.05) is 18.2 Å². The summed E-state index contributed by atoms with van der Waals surface area (Å²) in [7, 11) is 0. The predicted molar refractivity (Wildman–Crippen MR) is 122 cm³/mol. The Bertz CT molecular complexity index is 1370. The zero-order chi connectivity index (χ0) is 22.7. The molecule has 0 bridgehead atoms. The van der Waals surface area contributed by atoms with Gasteiger partial charge >= 0.3 is 0 Å². The van der Waals surface area contributed by atoms with Crippen molar-refractivity contribution in [3.63, 3.8) is 0 Å². The van der Waals surface area contributed by atoms with Gasteiger partial charge in [0, 0.05) is 40.6 Å². The molecule has 3 aromatic carbocycles. The molecule has 0 aliphatic rings. The number of rotatable bonds is 7. The number of nitro benzene ring substituents is 1. The maximum atomic E-state index is 13.1. The minimum absolute atomic E-state index is 0.0982. The summed E-state index contributed by atoms with van der Waals surface area (Å²) in [5.74, 6) is -0.692. The lowest BCUT2D eigenvalue weighted by molar-refractivity contribution is -0.385. The summed E-state index contributed by atoms with van der Waals surface area (Å²) in [5.41, 5.74) is 1.57. The highest BCUT2D eigenvalue weighted by Crippen LogP contribution is 2.33. The number of non-ortho nitro benzene ring substituents is 1. The highest BCUT2D eigenvalue weighted by Gasteiger charge is 2.14. The number of aryl methyl sites for hydroxylation is 1. The van der Waals surface area contributed by atoms with Crippen molar-refractivity contribution in [1.29, 1.82) is 0 Å². The average molecular weight is 470 g/mol. The molecule has 32 heavy (non-hydrogen) atoms. The Balaban J connectivity index is 1.49. The van der Waals surface area contributed by atoms with Crippen LogP contribution in [0.5, 0.6) is 0 Å². The summed E-state index contributed by atoms with van der Waals surface area (Å²) < 4.78 is 20.4. The number of nitrogens with one attached hydrogen (secondary N) is 1. The Morgan fingerprint density at radius 1 is 1.12 bits per heavy atom. The third-order valence-electron chi connectivity index (χ3n) is 4.57. The number of anilines is 1. The molecule has 4 aromatic rings. The zero-order valence-electron chi connectivity index (χ0n) is 16.5. The Hall–Kier alpha value is -3.50. The summed E-state index contributed by atoms with van der Waals surface area (Å²) in [6.07, 6.45) is 0.0982. The number of nitro groups is 1. The SMILES string of the molecule is O=C(CCn1c(=S)oc2ccccc21)Nc1cc(Sc2ccc(F)cc2)cc([N+](=O)[O-])c1. The second-order valence-corrected chi connectivity index (χ2v) is 8.31. The normalized spacial score (nSPS) is 10.9. The molecular formula is C22H16FN3O4S2. The molecular weight excluding hydrogens is 453 g/mol. The first-order valence-corrected chi connectivity index (χ1v) is 10.7. The molecule has 0 atom stereocenters. The number of halogens is 1. The molecule has 0 aliphatic heterocycles. The van der Waals surface area contributed by atoms with E-state index in [0.29, 0.717) is 27.6 Å². The Morgan fingerprint density at radius 2 is 1.88 bits per heavy atom. The van der Waals surface area contributed by atoms with E-state index < -0.39 is 4.92 Å². The number of amides is 1. The van der Waals surface area contributed by atoms with Crippen LogP contribution in [0.2, 0.25) is 0 Å². The van der Waals surface area contributed by atoms with Gasteiger partial charge in [0.25, 0.3) is 10.5 Å². The second kappa shape index (κ2) is 9.33. The smallest absolute Gasteiger partial charge is 0.272 e. The molecule has 1 heterocycles. The summed E-state index contributed by atoms with van der Waals surface area (Å²) >= 11 is 6.46. The van der Waals surface area contributed by atoms with Gasteiger partial charge in [-0.15, -0.1) is 0 Å². The van der Waals surface area contributed by atoms with Crippen molar-refractivity contribution in [3.8, 4) is 0 Å². The van der Waals surface area contributed by atoms with Crippen molar-refractivity contribution in [2.75, 3.05) is 5.32 Å². The largest absolute Gasteiger partial charge is 0.429 e. The van der Waals surface area contributed by atoms with Crippen LogP contribution in [0.25, 0.3) is 11.1 Å². The van der Waals surface area contributed by atoms with Gasteiger partial charge in [-0.05, 0) is 54.7 Å². The zero-order valence-corrected chi connectivity index (χ0v) is 18.1. The van der Waals surface area contributed by atoms with Gasteiger partial charge in [-0.25, -0.2) is 4.39 Å². The monoisotopic (exact) mass is 469 g/mol. The Labute approximate surface area is 191 Å². The number of nitrogens with zero attached hydrogens (tertiary/aromatic N) is 2. The molecule has 0 aliphatic carbocycles. The lowest BCUT2D eigenvalue weighted by atomic mass is 10.2. The van der Waals surface area contributed by atoms with Gasteiger partial charge in [-0.2, -0.15) is 0 Å². The Morgan fingerprint density at radius 3 is 2.62 bits per heavy atom. The van der Waals surface area contributed by atoms with Crippen LogP contribution in [0.15, 0.2) is 80.9 Å². The van der Waals surface area contributed by atoms with E-state index in [9.17, 15) is 19.3 Å². The molecule has 1 aromatic heterocycles. The molecule has 0 saturated heterocycles. The molecule has 0 radical (unpaired) electrons. The fourth-order valence-corrected chi connectivity index (χ4v) is 4.31. The average Bonchev–Trinajstić information content (AvgIpc) is 3.08. The van der Waals surface area contributed by atoms with Gasteiger partial charge in [-0.1, -0.05) is 23.9 Å². The fraction of sp³-hybridized carbons (Fsp3) is 0.0909. The van der Waals surface area contributed by atoms with Crippen molar-refractivity contribution in [3.05, 3.63) is 87.5 Å². The molecule has 10 heteroatoms. The molecule has 7 nitrogen and oxygen atoms in total. The van der Waals surface area contributed by atoms with Crippen LogP contribution in [0.4, 0.5) is 15.8 Å². The van der Waals surface area contributed by atoms with Crippen LogP contribution < -0.4 is 5.32 Å². The molecule has 0 saturated carbocycles. The lowest BCUT2D eigenvalue weighted by Crippen LogP contribution is -2.14. The van der Waals surface area contributed by atoms with Gasteiger partial charge in [0.1, 0.15) is 5.82 Å². The topological polar surface area (TPSA) is 90.3 Å². The standard InChI is InChI=1S/C22H16FN3O4S2/c23-14-5-7-17(8-6-14)32-18-12-15(11-16(13-18)26(28)29)24-21(27)9-10-25-19-3-1-2-4-20(19)30-22(25)31/h1-8,11-13H,9-10H2,(H,24,27). The molecule has 162 valence electrons. The van der Waals surface area contributed by atoms with E-state index in [-0.39, 0.29) is 28.7 Å². The molecule has 4 rings (SSSR count). The molecule has 1 amide bonds. The maximum Gasteiger partial charge on any atom is 0.272 e. The highest BCUT2D eigenvalue weighted by molar-refractivity contribution is 7.99. The van der Waals surface area contributed by atoms with Gasteiger partial charge in [0.05, 0.1) is 10.4 Å². The van der Waals surface area contributed by atoms with Crippen molar-refractivity contribution in [2.45, 2.75) is 22.8 Å². The van der Waals surface area contributed by atoms with Crippen molar-refractivity contribution < 1.29 is 18.5 Å². The first-order valence-electron chi connectivity index (χ1n) is 9.50. The number of fused-ring (bicyclic) bond motifs is 1. The quantitative estimate of drug-likeness (QED) is 0.197. The molecule has 0 fully saturated rings. The van der Waals surface area contributed by atoms with E-state index in [4.69, 9.17) is 16.6 Å². The summed E-state index contributed by atoms with van der Waals surface area (Å²) in [6.45, 7) is 0.299. The fourth-order valence-electron chi connectivity index (χ4n) is 3.12. The minimum atomic E-state index is -0.526. The van der Waals surface area contributed by atoms with E-state index in [2.05, 4.69) is 5.32 Å². The van der Waals surface area contributed by atoms with Crippen molar-refractivity contribution in [1.82, 2.24) is 4.57 Å². The van der Waals surface area contributed by atoms with Gasteiger partial charge in [0.2, 0.25) is 5.91 Å². The summed E-state index contributed by atoms with van der Waals surface area (Å²) in [4.78, 5) is 24.9. The number of hydrogen-bond acceptors (Lipinski definition) is 6. The van der Waals surface area contributed by atoms with Gasteiger partial charge in [0.15, 0.2) is 5.58 Å². The first kappa shape index (κ1) is 21.7. The van der Waals surface area contributed by atoms with E-state index in [1.54, 1.807) is 28.8 Å². The van der Waals surface area contributed by atoms with Crippen LogP contribution in [0.3, 0.4) is 0 Å². The number of aromatic nitrogens is 1. The van der Waals surface area contributed by atoms with Crippen molar-refractivity contribution >= 4 is 52.4 Å². The summed E-state index contributed by atoms with van der Waals surface area (Å²) in [5, 5.41) is 14.0. The van der Waals surface area contributed by atoms with Gasteiger partial charge < -0.3 is 9.73 Å². The van der Waals surface area contributed by atoms with E-state index in [1.165, 1.54) is 36.0 Å². The number of oxazole rings is 1. The number of hydrogen-bond donors (Lipinski definition) is 1. The molecule has 0 unspecified atom stereocenters. The lowest BCUT2D eigenvalue weighted by Gasteiger charge is -2.09. The third kappa shape index (κ3) is 5.04. The highest BCUT2D eigenvalue weighted by atomic mass is 32.2. The van der Waals surface area contributed by atoms with Crippen LogP contribution in [-0.2, 0) is 11.3 Å². The van der Waals surface area contributed by atoms with Crippen LogP contribution in [0.1, 0.15) is 6.42 Å².